The van der Waals surface area contributed by atoms with Crippen molar-refractivity contribution in [2.75, 3.05) is 5.73 Å². The zero-order valence-corrected chi connectivity index (χ0v) is 5.84. The fourth-order valence-electron chi connectivity index (χ4n) is 0.739. The van der Waals surface area contributed by atoms with E-state index in [1.807, 2.05) is 0 Å². The summed E-state index contributed by atoms with van der Waals surface area (Å²) in [5, 5.41) is 8.66. The van der Waals surface area contributed by atoms with Crippen LogP contribution < -0.4 is 5.73 Å². The van der Waals surface area contributed by atoms with Crippen molar-refractivity contribution in [3.05, 3.63) is 23.3 Å². The predicted octanol–water partition coefficient (Wildman–Crippen LogP) is 1.07. The van der Waals surface area contributed by atoms with E-state index in [1.165, 1.54) is 0 Å². The molecule has 0 aromatic heterocycles. The molecule has 3 nitrogen and oxygen atoms in total. The maximum absolute atomic E-state index is 12.7. The normalized spacial score (nSPS) is 9.83. The van der Waals surface area contributed by atoms with E-state index in [0.29, 0.717) is 6.07 Å². The molecule has 1 rings (SSSR count). The standard InChI is InChI=1S/C7H5F2NO2/c8-4-1-3(2-11)6(10)5(9)7(4)12/h1-2,12H,10H2. The Morgan fingerprint density at radius 1 is 1.50 bits per heavy atom. The highest BCUT2D eigenvalue weighted by Gasteiger charge is 2.14. The van der Waals surface area contributed by atoms with Crippen LogP contribution in [0, 0.1) is 11.6 Å². The molecule has 0 fully saturated rings. The van der Waals surface area contributed by atoms with E-state index in [9.17, 15) is 13.6 Å². The van der Waals surface area contributed by atoms with E-state index in [2.05, 4.69) is 0 Å². The Bertz CT molecular complexity index is 339. The van der Waals surface area contributed by atoms with Crippen LogP contribution in [0.25, 0.3) is 0 Å². The zero-order chi connectivity index (χ0) is 9.30. The van der Waals surface area contributed by atoms with Gasteiger partial charge in [0.05, 0.1) is 5.69 Å². The molecule has 0 saturated carbocycles. The summed E-state index contributed by atoms with van der Waals surface area (Å²) >= 11 is 0. The molecule has 0 bridgehead atoms. The molecule has 0 aliphatic heterocycles. The molecule has 0 aliphatic carbocycles. The van der Waals surface area contributed by atoms with Crippen molar-refractivity contribution in [3.63, 3.8) is 0 Å². The molecule has 0 unspecified atom stereocenters. The molecule has 0 radical (unpaired) electrons. The van der Waals surface area contributed by atoms with Crippen LogP contribution in [0.1, 0.15) is 10.4 Å². The summed E-state index contributed by atoms with van der Waals surface area (Å²) < 4.78 is 25.2. The van der Waals surface area contributed by atoms with Gasteiger partial charge in [0.15, 0.2) is 23.7 Å². The van der Waals surface area contributed by atoms with Crippen molar-refractivity contribution >= 4 is 12.0 Å². The first-order valence-electron chi connectivity index (χ1n) is 2.99. The van der Waals surface area contributed by atoms with Crippen molar-refractivity contribution in [2.24, 2.45) is 0 Å². The third-order valence-electron chi connectivity index (χ3n) is 1.39. The van der Waals surface area contributed by atoms with Crippen LogP contribution >= 0.6 is 0 Å². The van der Waals surface area contributed by atoms with Crippen LogP contribution in [-0.4, -0.2) is 11.4 Å². The maximum atomic E-state index is 12.7. The number of phenolic OH excluding ortho intramolecular Hbond substituents is 1. The Hall–Kier alpha value is -1.65. The smallest absolute Gasteiger partial charge is 0.191 e. The fourth-order valence-corrected chi connectivity index (χ4v) is 0.739. The number of carbonyl (C=O) groups is 1. The van der Waals surface area contributed by atoms with Gasteiger partial charge in [-0.25, -0.2) is 8.78 Å². The third-order valence-corrected chi connectivity index (χ3v) is 1.39. The highest BCUT2D eigenvalue weighted by molar-refractivity contribution is 5.84. The third kappa shape index (κ3) is 1.09. The van der Waals surface area contributed by atoms with Crippen LogP contribution in [0.2, 0.25) is 0 Å². The van der Waals surface area contributed by atoms with Gasteiger partial charge < -0.3 is 10.8 Å². The van der Waals surface area contributed by atoms with Crippen LogP contribution in [-0.2, 0) is 0 Å². The first-order valence-corrected chi connectivity index (χ1v) is 2.99. The molecule has 0 heterocycles. The van der Waals surface area contributed by atoms with Gasteiger partial charge in [0.2, 0.25) is 0 Å². The van der Waals surface area contributed by atoms with Crippen LogP contribution in [0.3, 0.4) is 0 Å². The lowest BCUT2D eigenvalue weighted by molar-refractivity contribution is 0.112. The number of nitrogen functional groups attached to an aromatic ring is 1. The van der Waals surface area contributed by atoms with Gasteiger partial charge in [-0.3, -0.25) is 4.79 Å². The quantitative estimate of drug-likeness (QED) is 0.493. The highest BCUT2D eigenvalue weighted by Crippen LogP contribution is 2.27. The van der Waals surface area contributed by atoms with Gasteiger partial charge in [0, 0.05) is 5.56 Å². The highest BCUT2D eigenvalue weighted by atomic mass is 19.1. The van der Waals surface area contributed by atoms with Gasteiger partial charge in [-0.2, -0.15) is 0 Å². The molecule has 1 aromatic carbocycles. The second-order valence-electron chi connectivity index (χ2n) is 2.14. The van der Waals surface area contributed by atoms with Crippen LogP contribution in [0.4, 0.5) is 14.5 Å². The van der Waals surface area contributed by atoms with Crippen LogP contribution in [0.5, 0.6) is 5.75 Å². The number of rotatable bonds is 1. The van der Waals surface area contributed by atoms with Gasteiger partial charge in [0.1, 0.15) is 0 Å². The number of nitrogens with two attached hydrogens (primary N) is 1. The van der Waals surface area contributed by atoms with E-state index in [0.717, 1.165) is 0 Å². The van der Waals surface area contributed by atoms with E-state index < -0.39 is 23.1 Å². The van der Waals surface area contributed by atoms with Gasteiger partial charge in [0.25, 0.3) is 0 Å². The summed E-state index contributed by atoms with van der Waals surface area (Å²) in [6.45, 7) is 0. The molecular formula is C7H5F2NO2. The number of aromatic hydroxyl groups is 1. The molecule has 5 heteroatoms. The average molecular weight is 173 g/mol. The SMILES string of the molecule is Nc1c(C=O)cc(F)c(O)c1F. The zero-order valence-electron chi connectivity index (χ0n) is 5.84. The summed E-state index contributed by atoms with van der Waals surface area (Å²) in [6.07, 6.45) is 0.209. The minimum atomic E-state index is -1.31. The fraction of sp³-hybridized carbons (Fsp3) is 0. The molecule has 64 valence electrons. The number of hydrogen-bond acceptors (Lipinski definition) is 3. The number of phenols is 1. The number of anilines is 1. The monoisotopic (exact) mass is 173 g/mol. The number of hydrogen-bond donors (Lipinski definition) is 2. The number of benzene rings is 1. The lowest BCUT2D eigenvalue weighted by atomic mass is 10.2. The Morgan fingerprint density at radius 3 is 2.58 bits per heavy atom. The summed E-state index contributed by atoms with van der Waals surface area (Å²) in [5.41, 5.74) is 4.16. The van der Waals surface area contributed by atoms with E-state index in [-0.39, 0.29) is 11.8 Å². The summed E-state index contributed by atoms with van der Waals surface area (Å²) in [5.74, 6) is -3.68. The molecule has 0 amide bonds. The topological polar surface area (TPSA) is 63.3 Å². The molecule has 1 aromatic rings. The lowest BCUT2D eigenvalue weighted by Gasteiger charge is -2.02. The van der Waals surface area contributed by atoms with E-state index >= 15 is 0 Å². The van der Waals surface area contributed by atoms with Crippen molar-refractivity contribution in [1.29, 1.82) is 0 Å². The minimum absolute atomic E-state index is 0.209. The second-order valence-corrected chi connectivity index (χ2v) is 2.14. The summed E-state index contributed by atoms with van der Waals surface area (Å²) in [6, 6.07) is 0.667. The maximum Gasteiger partial charge on any atom is 0.191 e. The predicted molar refractivity (Wildman–Crippen MR) is 37.8 cm³/mol. The number of aldehydes is 1. The largest absolute Gasteiger partial charge is 0.503 e. The molecule has 12 heavy (non-hydrogen) atoms. The van der Waals surface area contributed by atoms with Gasteiger partial charge >= 0.3 is 0 Å². The minimum Gasteiger partial charge on any atom is -0.503 e. The van der Waals surface area contributed by atoms with E-state index in [4.69, 9.17) is 10.8 Å². The second kappa shape index (κ2) is 2.77. The van der Waals surface area contributed by atoms with Gasteiger partial charge in [-0.05, 0) is 6.07 Å². The van der Waals surface area contributed by atoms with Crippen LogP contribution in [0.15, 0.2) is 6.07 Å². The molecule has 0 saturated heterocycles. The Balaban J connectivity index is 3.49. The number of halogens is 2. The molecule has 0 atom stereocenters. The van der Waals surface area contributed by atoms with Crippen molar-refractivity contribution < 1.29 is 18.7 Å². The Morgan fingerprint density at radius 2 is 2.08 bits per heavy atom. The summed E-state index contributed by atoms with van der Waals surface area (Å²) in [7, 11) is 0. The van der Waals surface area contributed by atoms with Crippen molar-refractivity contribution in [1.82, 2.24) is 0 Å². The van der Waals surface area contributed by atoms with Crippen molar-refractivity contribution in [2.45, 2.75) is 0 Å². The Kier molecular flexibility index (Phi) is 1.95. The first kappa shape index (κ1) is 8.45. The Labute approximate surface area is 66.4 Å². The van der Waals surface area contributed by atoms with E-state index in [1.54, 1.807) is 0 Å². The first-order chi connectivity index (χ1) is 5.57. The average Bonchev–Trinajstić information content (AvgIpc) is 2.08. The molecule has 3 N–H and O–H groups in total. The number of carbonyl (C=O) groups excluding carboxylic acids is 1. The summed E-state index contributed by atoms with van der Waals surface area (Å²) in [4.78, 5) is 10.1. The molecular weight excluding hydrogens is 168 g/mol. The van der Waals surface area contributed by atoms with Gasteiger partial charge in [-0.15, -0.1) is 0 Å². The molecule has 0 spiro atoms. The van der Waals surface area contributed by atoms with Gasteiger partial charge in [-0.1, -0.05) is 0 Å². The lowest BCUT2D eigenvalue weighted by Crippen LogP contribution is -1.99. The van der Waals surface area contributed by atoms with Crippen molar-refractivity contribution in [3.8, 4) is 5.75 Å². The molecule has 0 aliphatic rings.